The quantitative estimate of drug-likeness (QED) is 0.470. The Hall–Kier alpha value is -2.76. The van der Waals surface area contributed by atoms with Gasteiger partial charge in [-0.2, -0.15) is 0 Å². The molecular formula is C27H33N5. The molecule has 32 heavy (non-hydrogen) atoms. The molecule has 3 heterocycles. The van der Waals surface area contributed by atoms with E-state index >= 15 is 0 Å². The largest absolute Gasteiger partial charge is 0.323 e. The van der Waals surface area contributed by atoms with Crippen LogP contribution in [0.2, 0.25) is 0 Å². The lowest BCUT2D eigenvalue weighted by Gasteiger charge is -2.25. The van der Waals surface area contributed by atoms with E-state index in [1.165, 1.54) is 40.6 Å². The average molecular weight is 428 g/mol. The number of nitrogens with two attached hydrogens (primary N) is 1. The summed E-state index contributed by atoms with van der Waals surface area (Å²) in [6.45, 7) is 10.7. The topological polar surface area (TPSA) is 68.8 Å². The van der Waals surface area contributed by atoms with Crippen LogP contribution < -0.4 is 11.1 Å². The molecule has 5 nitrogen and oxygen atoms in total. The van der Waals surface area contributed by atoms with Crippen LogP contribution in [-0.2, 0) is 0 Å². The van der Waals surface area contributed by atoms with Crippen LogP contribution >= 0.6 is 0 Å². The van der Waals surface area contributed by atoms with Crippen molar-refractivity contribution >= 4 is 21.9 Å². The van der Waals surface area contributed by atoms with Crippen LogP contribution in [0.25, 0.3) is 27.6 Å². The van der Waals surface area contributed by atoms with Gasteiger partial charge in [-0.3, -0.25) is 4.57 Å². The number of fused-ring (bicyclic) bond motifs is 3. The Morgan fingerprint density at radius 1 is 1.03 bits per heavy atom. The zero-order valence-electron chi connectivity index (χ0n) is 19.6. The van der Waals surface area contributed by atoms with E-state index in [2.05, 4.69) is 67.1 Å². The smallest absolute Gasteiger partial charge is 0.149 e. The molecule has 4 aromatic rings. The Morgan fingerprint density at radius 2 is 1.72 bits per heavy atom. The average Bonchev–Trinajstić information content (AvgIpc) is 3.07. The molecule has 5 heteroatoms. The minimum Gasteiger partial charge on any atom is -0.323 e. The molecule has 0 spiro atoms. The van der Waals surface area contributed by atoms with Crippen LogP contribution in [0.4, 0.5) is 0 Å². The van der Waals surface area contributed by atoms with Gasteiger partial charge in [0, 0.05) is 11.4 Å². The van der Waals surface area contributed by atoms with E-state index in [-0.39, 0.29) is 6.04 Å². The fraction of sp³-hybridized carbons (Fsp3) is 0.407. The predicted molar refractivity (Wildman–Crippen MR) is 132 cm³/mol. The maximum Gasteiger partial charge on any atom is 0.149 e. The highest BCUT2D eigenvalue weighted by molar-refractivity contribution is 6.09. The number of aromatic nitrogens is 3. The molecular weight excluding hydrogens is 394 g/mol. The van der Waals surface area contributed by atoms with Crippen LogP contribution in [0.1, 0.15) is 53.5 Å². The molecule has 0 aliphatic carbocycles. The summed E-state index contributed by atoms with van der Waals surface area (Å²) in [6, 6.07) is 13.0. The summed E-state index contributed by atoms with van der Waals surface area (Å²) in [5.41, 5.74) is 15.0. The summed E-state index contributed by atoms with van der Waals surface area (Å²) in [5.74, 6) is 1.42. The molecule has 0 saturated carbocycles. The second kappa shape index (κ2) is 8.30. The third kappa shape index (κ3) is 3.59. The third-order valence-corrected chi connectivity index (χ3v) is 6.91. The Morgan fingerprint density at radius 3 is 2.44 bits per heavy atom. The van der Waals surface area contributed by atoms with Crippen molar-refractivity contribution in [3.05, 3.63) is 64.6 Å². The SMILES string of the molecule is Cc1cc(C)c(-n2c3ccccc3c3c(C(N)CC4CCNCC4)nc(C)nc32)c(C)c1. The maximum atomic E-state index is 6.86. The van der Waals surface area contributed by atoms with Gasteiger partial charge in [0.25, 0.3) is 0 Å². The molecule has 5 rings (SSSR count). The number of para-hydroxylation sites is 1. The highest BCUT2D eigenvalue weighted by Gasteiger charge is 2.25. The molecule has 1 aliphatic rings. The molecule has 2 aromatic carbocycles. The summed E-state index contributed by atoms with van der Waals surface area (Å²) in [7, 11) is 0. The Labute approximate surface area is 190 Å². The summed E-state index contributed by atoms with van der Waals surface area (Å²) in [4.78, 5) is 9.89. The number of piperidine rings is 1. The van der Waals surface area contributed by atoms with Crippen molar-refractivity contribution in [3.63, 3.8) is 0 Å². The normalized spacial score (nSPS) is 16.2. The second-order valence-corrected chi connectivity index (χ2v) is 9.49. The van der Waals surface area contributed by atoms with E-state index < -0.39 is 0 Å². The Balaban J connectivity index is 1.76. The molecule has 2 aromatic heterocycles. The fourth-order valence-electron chi connectivity index (χ4n) is 5.60. The lowest BCUT2D eigenvalue weighted by atomic mass is 9.89. The highest BCUT2D eigenvalue weighted by Crippen LogP contribution is 2.37. The monoisotopic (exact) mass is 427 g/mol. The van der Waals surface area contributed by atoms with Crippen molar-refractivity contribution in [1.29, 1.82) is 0 Å². The molecule has 1 aliphatic heterocycles. The molecule has 1 fully saturated rings. The fourth-order valence-corrected chi connectivity index (χ4v) is 5.60. The van der Waals surface area contributed by atoms with E-state index in [1.807, 2.05) is 6.92 Å². The first kappa shape index (κ1) is 21.1. The van der Waals surface area contributed by atoms with Crippen LogP contribution in [0, 0.1) is 33.6 Å². The Kier molecular flexibility index (Phi) is 5.48. The van der Waals surface area contributed by atoms with Crippen molar-refractivity contribution in [1.82, 2.24) is 19.9 Å². The summed E-state index contributed by atoms with van der Waals surface area (Å²) < 4.78 is 2.32. The van der Waals surface area contributed by atoms with Gasteiger partial charge >= 0.3 is 0 Å². The van der Waals surface area contributed by atoms with Gasteiger partial charge in [0.15, 0.2) is 0 Å². The van der Waals surface area contributed by atoms with Crippen LogP contribution in [0.15, 0.2) is 36.4 Å². The van der Waals surface area contributed by atoms with Gasteiger partial charge in [-0.15, -0.1) is 0 Å². The first-order valence-electron chi connectivity index (χ1n) is 11.8. The second-order valence-electron chi connectivity index (χ2n) is 9.49. The standard InChI is InChI=1S/C27H33N5/c1-16-13-17(2)26(18(3)14-16)32-23-8-6-5-7-21(23)24-25(30-19(4)31-27(24)32)22(28)15-20-9-11-29-12-10-20/h5-8,13-14,20,22,29H,9-12,15,28H2,1-4H3. The van der Waals surface area contributed by atoms with Crippen molar-refractivity contribution in [3.8, 4) is 5.69 Å². The molecule has 0 bridgehead atoms. The zero-order chi connectivity index (χ0) is 22.4. The first-order chi connectivity index (χ1) is 15.4. The number of nitrogens with one attached hydrogen (secondary N) is 1. The van der Waals surface area contributed by atoms with Crippen molar-refractivity contribution in [2.45, 2.75) is 53.0 Å². The van der Waals surface area contributed by atoms with Gasteiger partial charge in [0.05, 0.1) is 22.3 Å². The molecule has 1 saturated heterocycles. The lowest BCUT2D eigenvalue weighted by molar-refractivity contribution is 0.331. The van der Waals surface area contributed by atoms with Gasteiger partial charge in [-0.05, 0) is 83.2 Å². The number of aryl methyl sites for hydroxylation is 4. The van der Waals surface area contributed by atoms with Crippen LogP contribution in [-0.4, -0.2) is 27.6 Å². The molecule has 0 radical (unpaired) electrons. The van der Waals surface area contributed by atoms with Gasteiger partial charge < -0.3 is 11.1 Å². The maximum absolute atomic E-state index is 6.86. The summed E-state index contributed by atoms with van der Waals surface area (Å²) in [6.07, 6.45) is 3.34. The molecule has 0 amide bonds. The van der Waals surface area contributed by atoms with Gasteiger partial charge in [-0.1, -0.05) is 35.9 Å². The number of hydrogen-bond acceptors (Lipinski definition) is 4. The number of nitrogens with zero attached hydrogens (tertiary/aromatic N) is 3. The van der Waals surface area contributed by atoms with E-state index in [4.69, 9.17) is 15.7 Å². The van der Waals surface area contributed by atoms with Crippen molar-refractivity contribution in [2.24, 2.45) is 11.7 Å². The van der Waals surface area contributed by atoms with Gasteiger partial charge in [0.1, 0.15) is 11.5 Å². The van der Waals surface area contributed by atoms with Crippen molar-refractivity contribution in [2.75, 3.05) is 13.1 Å². The van der Waals surface area contributed by atoms with E-state index in [0.29, 0.717) is 5.92 Å². The summed E-state index contributed by atoms with van der Waals surface area (Å²) in [5, 5.41) is 5.74. The van der Waals surface area contributed by atoms with Crippen LogP contribution in [0.5, 0.6) is 0 Å². The van der Waals surface area contributed by atoms with E-state index in [9.17, 15) is 0 Å². The Bertz CT molecular complexity index is 1270. The van der Waals surface area contributed by atoms with E-state index in [0.717, 1.165) is 47.6 Å². The summed E-state index contributed by atoms with van der Waals surface area (Å²) >= 11 is 0. The minimum atomic E-state index is -0.0956. The molecule has 1 atom stereocenters. The van der Waals surface area contributed by atoms with Crippen molar-refractivity contribution < 1.29 is 0 Å². The predicted octanol–water partition coefficient (Wildman–Crippen LogP) is 5.20. The lowest BCUT2D eigenvalue weighted by Crippen LogP contribution is -2.30. The minimum absolute atomic E-state index is 0.0956. The zero-order valence-corrected chi connectivity index (χ0v) is 19.6. The molecule has 1 unspecified atom stereocenters. The molecule has 3 N–H and O–H groups in total. The number of rotatable bonds is 4. The van der Waals surface area contributed by atoms with Gasteiger partial charge in [-0.25, -0.2) is 9.97 Å². The van der Waals surface area contributed by atoms with Gasteiger partial charge in [0.2, 0.25) is 0 Å². The molecule has 166 valence electrons. The highest BCUT2D eigenvalue weighted by atomic mass is 15.1. The number of hydrogen-bond donors (Lipinski definition) is 2. The first-order valence-corrected chi connectivity index (χ1v) is 11.8. The van der Waals surface area contributed by atoms with E-state index in [1.54, 1.807) is 0 Å². The number of benzene rings is 2. The van der Waals surface area contributed by atoms with Crippen LogP contribution in [0.3, 0.4) is 0 Å². The third-order valence-electron chi connectivity index (χ3n) is 6.91.